The van der Waals surface area contributed by atoms with Gasteiger partial charge in [-0.25, -0.2) is 0 Å². The van der Waals surface area contributed by atoms with Gasteiger partial charge in [0.2, 0.25) is 0 Å². The van der Waals surface area contributed by atoms with Crippen LogP contribution in [0.5, 0.6) is 0 Å². The number of benzene rings is 1. The summed E-state index contributed by atoms with van der Waals surface area (Å²) in [4.78, 5) is 2.41. The van der Waals surface area contributed by atoms with Gasteiger partial charge < -0.3 is 14.9 Å². The number of morpholine rings is 1. The van der Waals surface area contributed by atoms with Gasteiger partial charge in [0.25, 0.3) is 0 Å². The van der Waals surface area contributed by atoms with Crippen LogP contribution < -0.4 is 5.73 Å². The molecular formula is C16H22N2O2. The highest BCUT2D eigenvalue weighted by atomic mass is 16.5. The first-order valence-corrected chi connectivity index (χ1v) is 7.24. The number of fused-ring (bicyclic) bond motifs is 1. The molecular weight excluding hydrogens is 252 g/mol. The SMILES string of the molecule is CC1CN(C(CN)c2coc3ccccc23)CC(C)O1. The molecule has 3 rings (SSSR count). The van der Waals surface area contributed by atoms with Crippen LogP contribution in [0.25, 0.3) is 11.0 Å². The van der Waals surface area contributed by atoms with Gasteiger partial charge in [-0.1, -0.05) is 18.2 Å². The summed E-state index contributed by atoms with van der Waals surface area (Å²) in [6.45, 7) is 6.63. The second kappa shape index (κ2) is 5.56. The largest absolute Gasteiger partial charge is 0.464 e. The van der Waals surface area contributed by atoms with E-state index < -0.39 is 0 Å². The van der Waals surface area contributed by atoms with Crippen LogP contribution in [0, 0.1) is 0 Å². The molecule has 20 heavy (non-hydrogen) atoms. The van der Waals surface area contributed by atoms with Crippen LogP contribution in [0.3, 0.4) is 0 Å². The van der Waals surface area contributed by atoms with Crippen molar-refractivity contribution in [2.75, 3.05) is 19.6 Å². The Morgan fingerprint density at radius 3 is 2.65 bits per heavy atom. The first-order valence-electron chi connectivity index (χ1n) is 7.24. The summed E-state index contributed by atoms with van der Waals surface area (Å²) in [6, 6.07) is 8.32. The minimum absolute atomic E-state index is 0.187. The topological polar surface area (TPSA) is 51.6 Å². The van der Waals surface area contributed by atoms with Crippen molar-refractivity contribution in [3.63, 3.8) is 0 Å². The predicted octanol–water partition coefficient (Wildman–Crippen LogP) is 2.54. The normalized spacial score (nSPS) is 25.9. The number of hydrogen-bond donors (Lipinski definition) is 1. The number of nitrogens with zero attached hydrogens (tertiary/aromatic N) is 1. The van der Waals surface area contributed by atoms with Crippen LogP contribution >= 0.6 is 0 Å². The number of para-hydroxylation sites is 1. The maximum absolute atomic E-state index is 6.05. The zero-order chi connectivity index (χ0) is 14.1. The number of nitrogens with two attached hydrogens (primary N) is 1. The molecule has 1 aromatic carbocycles. The van der Waals surface area contributed by atoms with Gasteiger partial charge in [0.1, 0.15) is 5.58 Å². The summed E-state index contributed by atoms with van der Waals surface area (Å²) in [5, 5.41) is 1.16. The lowest BCUT2D eigenvalue weighted by Gasteiger charge is -2.39. The third-order valence-electron chi connectivity index (χ3n) is 3.98. The zero-order valence-electron chi connectivity index (χ0n) is 12.1. The lowest BCUT2D eigenvalue weighted by atomic mass is 10.0. The Kier molecular flexibility index (Phi) is 3.78. The van der Waals surface area contributed by atoms with Gasteiger partial charge in [0, 0.05) is 30.6 Å². The van der Waals surface area contributed by atoms with Crippen LogP contribution in [-0.2, 0) is 4.74 Å². The van der Waals surface area contributed by atoms with Crippen molar-refractivity contribution in [1.82, 2.24) is 4.90 Å². The molecule has 4 heteroatoms. The molecule has 0 spiro atoms. The van der Waals surface area contributed by atoms with Gasteiger partial charge in [-0.15, -0.1) is 0 Å². The van der Waals surface area contributed by atoms with Gasteiger partial charge >= 0.3 is 0 Å². The second-order valence-electron chi connectivity index (χ2n) is 5.65. The third-order valence-corrected chi connectivity index (χ3v) is 3.98. The Hall–Kier alpha value is -1.36. The summed E-state index contributed by atoms with van der Waals surface area (Å²) < 4.78 is 11.5. The molecule has 1 fully saturated rings. The van der Waals surface area contributed by atoms with E-state index in [1.807, 2.05) is 24.5 Å². The van der Waals surface area contributed by atoms with Crippen molar-refractivity contribution in [2.45, 2.75) is 32.1 Å². The van der Waals surface area contributed by atoms with Crippen molar-refractivity contribution in [2.24, 2.45) is 5.73 Å². The van der Waals surface area contributed by atoms with Crippen molar-refractivity contribution in [1.29, 1.82) is 0 Å². The molecule has 0 bridgehead atoms. The Morgan fingerprint density at radius 2 is 1.95 bits per heavy atom. The highest BCUT2D eigenvalue weighted by Gasteiger charge is 2.29. The molecule has 1 aromatic heterocycles. The highest BCUT2D eigenvalue weighted by Crippen LogP contribution is 2.31. The lowest BCUT2D eigenvalue weighted by Crippen LogP contribution is -2.48. The van der Waals surface area contributed by atoms with Gasteiger partial charge in [0.05, 0.1) is 24.5 Å². The molecule has 0 saturated carbocycles. The van der Waals surface area contributed by atoms with E-state index in [-0.39, 0.29) is 18.2 Å². The molecule has 0 aliphatic carbocycles. The van der Waals surface area contributed by atoms with Crippen LogP contribution in [0.1, 0.15) is 25.5 Å². The second-order valence-corrected chi connectivity index (χ2v) is 5.65. The molecule has 3 unspecified atom stereocenters. The van der Waals surface area contributed by atoms with E-state index in [0.29, 0.717) is 6.54 Å². The van der Waals surface area contributed by atoms with E-state index in [9.17, 15) is 0 Å². The fraction of sp³-hybridized carbons (Fsp3) is 0.500. The van der Waals surface area contributed by atoms with Gasteiger partial charge in [-0.2, -0.15) is 0 Å². The summed E-state index contributed by atoms with van der Waals surface area (Å²) in [6.07, 6.45) is 2.34. The fourth-order valence-electron chi connectivity index (χ4n) is 3.20. The average molecular weight is 274 g/mol. The maximum Gasteiger partial charge on any atom is 0.134 e. The van der Waals surface area contributed by atoms with Gasteiger partial charge in [-0.05, 0) is 19.9 Å². The molecule has 4 nitrogen and oxygen atoms in total. The van der Waals surface area contributed by atoms with Gasteiger partial charge in [0.15, 0.2) is 0 Å². The molecule has 3 atom stereocenters. The number of hydrogen-bond acceptors (Lipinski definition) is 4. The molecule has 0 amide bonds. The smallest absolute Gasteiger partial charge is 0.134 e. The Bertz CT molecular complexity index is 571. The van der Waals surface area contributed by atoms with Gasteiger partial charge in [-0.3, -0.25) is 4.90 Å². The molecule has 2 N–H and O–H groups in total. The Morgan fingerprint density at radius 1 is 1.25 bits per heavy atom. The number of ether oxygens (including phenoxy) is 1. The van der Waals surface area contributed by atoms with E-state index in [0.717, 1.165) is 24.1 Å². The molecule has 0 radical (unpaired) electrons. The monoisotopic (exact) mass is 274 g/mol. The predicted molar refractivity (Wildman–Crippen MR) is 79.6 cm³/mol. The number of furan rings is 1. The van der Waals surface area contributed by atoms with Crippen LogP contribution in [0.2, 0.25) is 0 Å². The fourth-order valence-corrected chi connectivity index (χ4v) is 3.20. The molecule has 1 aliphatic heterocycles. The van der Waals surface area contributed by atoms with Crippen molar-refractivity contribution in [3.8, 4) is 0 Å². The molecule has 2 heterocycles. The number of rotatable bonds is 3. The average Bonchev–Trinajstić information content (AvgIpc) is 2.83. The van der Waals surface area contributed by atoms with E-state index in [1.165, 1.54) is 5.56 Å². The summed E-state index contributed by atoms with van der Waals surface area (Å²) in [7, 11) is 0. The highest BCUT2D eigenvalue weighted by molar-refractivity contribution is 5.81. The maximum atomic E-state index is 6.05. The Labute approximate surface area is 119 Å². The third kappa shape index (κ3) is 2.46. The van der Waals surface area contributed by atoms with Crippen molar-refractivity contribution in [3.05, 3.63) is 36.1 Å². The molecule has 2 aromatic rings. The summed E-state index contributed by atoms with van der Waals surface area (Å²) in [5.74, 6) is 0. The molecule has 108 valence electrons. The zero-order valence-corrected chi connectivity index (χ0v) is 12.1. The molecule has 1 saturated heterocycles. The van der Waals surface area contributed by atoms with E-state index in [4.69, 9.17) is 14.9 Å². The van der Waals surface area contributed by atoms with E-state index in [1.54, 1.807) is 0 Å². The van der Waals surface area contributed by atoms with Crippen LogP contribution in [0.4, 0.5) is 0 Å². The molecule has 1 aliphatic rings. The first kappa shape index (κ1) is 13.6. The minimum Gasteiger partial charge on any atom is -0.464 e. The Balaban J connectivity index is 1.93. The minimum atomic E-state index is 0.187. The first-order chi connectivity index (χ1) is 9.69. The standard InChI is InChI=1S/C16H22N2O2/c1-11-8-18(9-12(2)20-11)15(7-17)14-10-19-16-6-4-3-5-13(14)16/h3-6,10-12,15H,7-9,17H2,1-2H3. The van der Waals surface area contributed by atoms with E-state index >= 15 is 0 Å². The summed E-state index contributed by atoms with van der Waals surface area (Å²) in [5.41, 5.74) is 8.16. The van der Waals surface area contributed by atoms with Crippen LogP contribution in [0.15, 0.2) is 34.9 Å². The van der Waals surface area contributed by atoms with Crippen molar-refractivity contribution >= 4 is 11.0 Å². The summed E-state index contributed by atoms with van der Waals surface area (Å²) >= 11 is 0. The quantitative estimate of drug-likeness (QED) is 0.934. The lowest BCUT2D eigenvalue weighted by molar-refractivity contribution is -0.0798. The van der Waals surface area contributed by atoms with Crippen LogP contribution in [-0.4, -0.2) is 36.7 Å². The van der Waals surface area contributed by atoms with Crippen molar-refractivity contribution < 1.29 is 9.15 Å². The van der Waals surface area contributed by atoms with E-state index in [2.05, 4.69) is 24.8 Å².